The number of rotatable bonds is 6. The molecule has 3 aromatic rings. The second kappa shape index (κ2) is 8.18. The van der Waals surface area contributed by atoms with Gasteiger partial charge in [-0.05, 0) is 36.8 Å². The van der Waals surface area contributed by atoms with Gasteiger partial charge in [-0.25, -0.2) is 10.4 Å². The van der Waals surface area contributed by atoms with E-state index in [2.05, 4.69) is 27.0 Å². The highest BCUT2D eigenvalue weighted by Crippen LogP contribution is 2.23. The van der Waals surface area contributed by atoms with Gasteiger partial charge in [-0.1, -0.05) is 47.6 Å². The van der Waals surface area contributed by atoms with E-state index in [9.17, 15) is 4.79 Å². The van der Waals surface area contributed by atoms with Gasteiger partial charge < -0.3 is 4.57 Å². The Morgan fingerprint density at radius 3 is 2.80 bits per heavy atom. The van der Waals surface area contributed by atoms with Crippen LogP contribution in [0.2, 0.25) is 5.02 Å². The standard InChI is InChI=1S/C18H17ClN4OS/c1-2-23-16-6-4-3-5-15(16)21-18(23)25-12-17(24)22-20-11-13-7-9-14(19)10-8-13/h3-11H,2,12H2,1H3,(H,22,24)/b20-11-. The monoisotopic (exact) mass is 372 g/mol. The van der Waals surface area contributed by atoms with Gasteiger partial charge in [0.25, 0.3) is 5.91 Å². The number of hydrogen-bond donors (Lipinski definition) is 1. The Balaban J connectivity index is 1.58. The van der Waals surface area contributed by atoms with Crippen LogP contribution in [-0.4, -0.2) is 27.4 Å². The number of nitrogens with zero attached hydrogens (tertiary/aromatic N) is 3. The second-order valence-corrected chi connectivity index (χ2v) is 6.64. The van der Waals surface area contributed by atoms with Crippen LogP contribution in [0.4, 0.5) is 0 Å². The Morgan fingerprint density at radius 1 is 1.28 bits per heavy atom. The number of nitrogens with one attached hydrogen (secondary N) is 1. The van der Waals surface area contributed by atoms with Gasteiger partial charge in [-0.2, -0.15) is 5.10 Å². The van der Waals surface area contributed by atoms with E-state index in [-0.39, 0.29) is 11.7 Å². The van der Waals surface area contributed by atoms with Crippen molar-refractivity contribution >= 4 is 46.5 Å². The highest BCUT2D eigenvalue weighted by Gasteiger charge is 2.11. The number of hydrogen-bond acceptors (Lipinski definition) is 4. The molecule has 0 unspecified atom stereocenters. The fourth-order valence-electron chi connectivity index (χ4n) is 2.36. The molecule has 0 saturated heterocycles. The first-order valence-corrected chi connectivity index (χ1v) is 9.19. The third kappa shape index (κ3) is 4.41. The number of fused-ring (bicyclic) bond motifs is 1. The van der Waals surface area contributed by atoms with Crippen LogP contribution in [0.25, 0.3) is 11.0 Å². The third-order valence-corrected chi connectivity index (χ3v) is 4.77. The number of carbonyl (C=O) groups excluding carboxylic acids is 1. The Labute approximate surface area is 155 Å². The number of benzene rings is 2. The quantitative estimate of drug-likeness (QED) is 0.405. The lowest BCUT2D eigenvalue weighted by Gasteiger charge is -2.04. The number of aromatic nitrogens is 2. The van der Waals surface area contributed by atoms with Crippen LogP contribution in [0.3, 0.4) is 0 Å². The SMILES string of the molecule is CCn1c(SCC(=O)N/N=C\c2ccc(Cl)cc2)nc2ccccc21. The molecule has 0 radical (unpaired) electrons. The molecule has 0 aliphatic heterocycles. The number of para-hydroxylation sites is 2. The number of amides is 1. The molecule has 2 aromatic carbocycles. The molecule has 0 saturated carbocycles. The maximum Gasteiger partial charge on any atom is 0.250 e. The molecule has 128 valence electrons. The van der Waals surface area contributed by atoms with Crippen molar-refractivity contribution in [3.63, 3.8) is 0 Å². The molecule has 0 atom stereocenters. The topological polar surface area (TPSA) is 59.3 Å². The Morgan fingerprint density at radius 2 is 2.04 bits per heavy atom. The first kappa shape index (κ1) is 17.5. The molecule has 0 bridgehead atoms. The zero-order valence-corrected chi connectivity index (χ0v) is 15.2. The van der Waals surface area contributed by atoms with Crippen molar-refractivity contribution in [2.45, 2.75) is 18.6 Å². The summed E-state index contributed by atoms with van der Waals surface area (Å²) in [5.41, 5.74) is 5.41. The molecule has 0 fully saturated rings. The second-order valence-electron chi connectivity index (χ2n) is 5.26. The van der Waals surface area contributed by atoms with Crippen molar-refractivity contribution in [1.82, 2.24) is 15.0 Å². The van der Waals surface area contributed by atoms with E-state index in [1.165, 1.54) is 11.8 Å². The number of thioether (sulfide) groups is 1. The number of aryl methyl sites for hydroxylation is 1. The zero-order valence-electron chi connectivity index (χ0n) is 13.6. The summed E-state index contributed by atoms with van der Waals surface area (Å²) in [6.45, 7) is 2.87. The fourth-order valence-corrected chi connectivity index (χ4v) is 3.36. The average molecular weight is 373 g/mol. The summed E-state index contributed by atoms with van der Waals surface area (Å²) in [5, 5.41) is 5.46. The predicted molar refractivity (Wildman–Crippen MR) is 103 cm³/mol. The molecule has 25 heavy (non-hydrogen) atoms. The van der Waals surface area contributed by atoms with Gasteiger partial charge in [0.1, 0.15) is 0 Å². The van der Waals surface area contributed by atoms with Gasteiger partial charge in [0.05, 0.1) is 23.0 Å². The number of halogens is 1. The van der Waals surface area contributed by atoms with Gasteiger partial charge in [0.15, 0.2) is 5.16 Å². The van der Waals surface area contributed by atoms with Gasteiger partial charge in [0, 0.05) is 11.6 Å². The molecule has 0 spiro atoms. The van der Waals surface area contributed by atoms with Gasteiger partial charge in [0.2, 0.25) is 0 Å². The normalized spacial score (nSPS) is 11.3. The predicted octanol–water partition coefficient (Wildman–Crippen LogP) is 3.95. The van der Waals surface area contributed by atoms with Gasteiger partial charge in [-0.15, -0.1) is 0 Å². The Hall–Kier alpha value is -2.31. The maximum absolute atomic E-state index is 12.0. The lowest BCUT2D eigenvalue weighted by molar-refractivity contribution is -0.118. The molecule has 1 N–H and O–H groups in total. The molecule has 1 aromatic heterocycles. The molecule has 0 aliphatic carbocycles. The fraction of sp³-hybridized carbons (Fsp3) is 0.167. The summed E-state index contributed by atoms with van der Waals surface area (Å²) < 4.78 is 2.10. The van der Waals surface area contributed by atoms with Crippen molar-refractivity contribution in [1.29, 1.82) is 0 Å². The third-order valence-electron chi connectivity index (χ3n) is 3.54. The van der Waals surface area contributed by atoms with E-state index in [0.717, 1.165) is 28.3 Å². The lowest BCUT2D eigenvalue weighted by Crippen LogP contribution is -2.20. The molecule has 3 rings (SSSR count). The van der Waals surface area contributed by atoms with Crippen LogP contribution in [0.1, 0.15) is 12.5 Å². The molecule has 7 heteroatoms. The first-order valence-electron chi connectivity index (χ1n) is 7.83. The maximum atomic E-state index is 12.0. The minimum Gasteiger partial charge on any atom is -0.319 e. The average Bonchev–Trinajstić information content (AvgIpc) is 2.99. The molecular formula is C18H17ClN4OS. The van der Waals surface area contributed by atoms with E-state index < -0.39 is 0 Å². The van der Waals surface area contributed by atoms with Crippen LogP contribution in [0, 0.1) is 0 Å². The van der Waals surface area contributed by atoms with Crippen LogP contribution in [-0.2, 0) is 11.3 Å². The number of imidazole rings is 1. The van der Waals surface area contributed by atoms with Gasteiger partial charge in [-0.3, -0.25) is 4.79 Å². The summed E-state index contributed by atoms with van der Waals surface area (Å²) in [6, 6.07) is 15.2. The summed E-state index contributed by atoms with van der Waals surface area (Å²) in [5.74, 6) is 0.0753. The van der Waals surface area contributed by atoms with E-state index in [0.29, 0.717) is 5.02 Å². The molecule has 0 aliphatic rings. The first-order chi connectivity index (χ1) is 12.2. The van der Waals surface area contributed by atoms with E-state index in [1.54, 1.807) is 18.3 Å². The van der Waals surface area contributed by atoms with Crippen LogP contribution >= 0.6 is 23.4 Å². The minimum atomic E-state index is -0.176. The summed E-state index contributed by atoms with van der Waals surface area (Å²) in [6.07, 6.45) is 1.58. The minimum absolute atomic E-state index is 0.176. The molecule has 1 heterocycles. The zero-order chi connectivity index (χ0) is 17.6. The van der Waals surface area contributed by atoms with Crippen molar-refractivity contribution in [3.05, 3.63) is 59.1 Å². The Kier molecular flexibility index (Phi) is 5.73. The van der Waals surface area contributed by atoms with E-state index >= 15 is 0 Å². The van der Waals surface area contributed by atoms with Crippen molar-refractivity contribution < 1.29 is 4.79 Å². The highest BCUT2D eigenvalue weighted by atomic mass is 35.5. The smallest absolute Gasteiger partial charge is 0.250 e. The highest BCUT2D eigenvalue weighted by molar-refractivity contribution is 7.99. The van der Waals surface area contributed by atoms with Gasteiger partial charge >= 0.3 is 0 Å². The van der Waals surface area contributed by atoms with Crippen molar-refractivity contribution in [3.8, 4) is 0 Å². The Bertz CT molecular complexity index is 905. The van der Waals surface area contributed by atoms with Crippen molar-refractivity contribution in [2.24, 2.45) is 5.10 Å². The van der Waals surface area contributed by atoms with Crippen LogP contribution in [0.5, 0.6) is 0 Å². The molecule has 1 amide bonds. The lowest BCUT2D eigenvalue weighted by atomic mass is 10.2. The number of hydrazone groups is 1. The number of carbonyl (C=O) groups is 1. The molecule has 5 nitrogen and oxygen atoms in total. The van der Waals surface area contributed by atoms with E-state index in [4.69, 9.17) is 11.6 Å². The molecular weight excluding hydrogens is 356 g/mol. The van der Waals surface area contributed by atoms with E-state index in [1.807, 2.05) is 36.4 Å². The summed E-state index contributed by atoms with van der Waals surface area (Å²) in [7, 11) is 0. The van der Waals surface area contributed by atoms with Crippen molar-refractivity contribution in [2.75, 3.05) is 5.75 Å². The summed E-state index contributed by atoms with van der Waals surface area (Å²) >= 11 is 7.23. The largest absolute Gasteiger partial charge is 0.319 e. The van der Waals surface area contributed by atoms with Crippen LogP contribution < -0.4 is 5.43 Å². The summed E-state index contributed by atoms with van der Waals surface area (Å²) in [4.78, 5) is 16.6. The van der Waals surface area contributed by atoms with Crippen LogP contribution in [0.15, 0.2) is 58.8 Å².